The van der Waals surface area contributed by atoms with E-state index in [0.29, 0.717) is 36.7 Å². The summed E-state index contributed by atoms with van der Waals surface area (Å²) in [6, 6.07) is 13.8. The van der Waals surface area contributed by atoms with Crippen molar-refractivity contribution >= 4 is 27.9 Å². The summed E-state index contributed by atoms with van der Waals surface area (Å²) >= 11 is 3.33. The second-order valence-corrected chi connectivity index (χ2v) is 6.21. The van der Waals surface area contributed by atoms with E-state index in [9.17, 15) is 9.59 Å². The van der Waals surface area contributed by atoms with E-state index in [4.69, 9.17) is 14.2 Å². The molecular formula is C20H19BrO5. The molecule has 0 aromatic heterocycles. The standard InChI is InChI=1S/C20H19BrO5/c1-2-19(22)25-14-4-3-13-24-17-9-5-15(6-10-17)20(23)26-18-11-7-16(21)8-12-18/h2,5-12H,1,3-4,13-14H2. The molecule has 0 N–H and O–H groups in total. The van der Waals surface area contributed by atoms with Crippen molar-refractivity contribution in [2.45, 2.75) is 12.8 Å². The van der Waals surface area contributed by atoms with E-state index in [-0.39, 0.29) is 0 Å². The summed E-state index contributed by atoms with van der Waals surface area (Å²) in [6.45, 7) is 4.16. The van der Waals surface area contributed by atoms with Gasteiger partial charge in [-0.25, -0.2) is 9.59 Å². The highest BCUT2D eigenvalue weighted by Gasteiger charge is 2.08. The Bertz CT molecular complexity index is 738. The van der Waals surface area contributed by atoms with Crippen LogP contribution in [-0.2, 0) is 9.53 Å². The Morgan fingerprint density at radius 1 is 0.923 bits per heavy atom. The highest BCUT2D eigenvalue weighted by Crippen LogP contribution is 2.18. The molecule has 0 unspecified atom stereocenters. The number of halogens is 1. The fourth-order valence-corrected chi connectivity index (χ4v) is 2.25. The van der Waals surface area contributed by atoms with Gasteiger partial charge >= 0.3 is 11.9 Å². The van der Waals surface area contributed by atoms with Crippen molar-refractivity contribution in [3.63, 3.8) is 0 Å². The van der Waals surface area contributed by atoms with E-state index >= 15 is 0 Å². The first-order valence-corrected chi connectivity index (χ1v) is 8.87. The summed E-state index contributed by atoms with van der Waals surface area (Å²) in [5.41, 5.74) is 0.441. The first-order valence-electron chi connectivity index (χ1n) is 8.08. The summed E-state index contributed by atoms with van der Waals surface area (Å²) in [7, 11) is 0. The minimum Gasteiger partial charge on any atom is -0.494 e. The maximum Gasteiger partial charge on any atom is 0.343 e. The Labute approximate surface area is 160 Å². The number of hydrogen-bond donors (Lipinski definition) is 0. The lowest BCUT2D eigenvalue weighted by molar-refractivity contribution is -0.137. The molecule has 0 heterocycles. The molecule has 0 bridgehead atoms. The van der Waals surface area contributed by atoms with Gasteiger partial charge < -0.3 is 14.2 Å². The molecule has 6 heteroatoms. The van der Waals surface area contributed by atoms with Gasteiger partial charge in [0.1, 0.15) is 11.5 Å². The number of ether oxygens (including phenoxy) is 3. The highest BCUT2D eigenvalue weighted by atomic mass is 79.9. The molecule has 136 valence electrons. The number of benzene rings is 2. The fourth-order valence-electron chi connectivity index (χ4n) is 1.98. The number of unbranched alkanes of at least 4 members (excludes halogenated alkanes) is 1. The third kappa shape index (κ3) is 6.72. The smallest absolute Gasteiger partial charge is 0.343 e. The van der Waals surface area contributed by atoms with Crippen molar-refractivity contribution in [3.05, 3.63) is 71.2 Å². The van der Waals surface area contributed by atoms with Gasteiger partial charge in [-0.1, -0.05) is 22.5 Å². The summed E-state index contributed by atoms with van der Waals surface area (Å²) < 4.78 is 16.7. The summed E-state index contributed by atoms with van der Waals surface area (Å²) in [4.78, 5) is 23.0. The third-order valence-corrected chi connectivity index (χ3v) is 3.86. The summed E-state index contributed by atoms with van der Waals surface area (Å²) in [5, 5.41) is 0. The van der Waals surface area contributed by atoms with Crippen LogP contribution in [0.5, 0.6) is 11.5 Å². The van der Waals surface area contributed by atoms with Gasteiger partial charge in [-0.05, 0) is 61.4 Å². The van der Waals surface area contributed by atoms with Crippen molar-refractivity contribution < 1.29 is 23.8 Å². The largest absolute Gasteiger partial charge is 0.494 e. The maximum absolute atomic E-state index is 12.1. The second-order valence-electron chi connectivity index (χ2n) is 5.30. The molecule has 0 saturated heterocycles. The summed E-state index contributed by atoms with van der Waals surface area (Å²) in [5.74, 6) is 0.295. The minimum absolute atomic E-state index is 0.342. The molecule has 0 fully saturated rings. The molecule has 0 aliphatic carbocycles. The molecule has 0 aliphatic rings. The van der Waals surface area contributed by atoms with Crippen LogP contribution in [0.4, 0.5) is 0 Å². The van der Waals surface area contributed by atoms with Crippen LogP contribution in [0.15, 0.2) is 65.7 Å². The zero-order chi connectivity index (χ0) is 18.8. The lowest BCUT2D eigenvalue weighted by Gasteiger charge is -2.08. The Hall–Kier alpha value is -2.60. The van der Waals surface area contributed by atoms with Crippen LogP contribution in [0.2, 0.25) is 0 Å². The molecule has 26 heavy (non-hydrogen) atoms. The van der Waals surface area contributed by atoms with E-state index in [0.717, 1.165) is 17.0 Å². The molecule has 0 radical (unpaired) electrons. The molecule has 2 aromatic carbocycles. The van der Waals surface area contributed by atoms with Gasteiger partial charge in [0.2, 0.25) is 0 Å². The van der Waals surface area contributed by atoms with Crippen LogP contribution in [0.25, 0.3) is 0 Å². The monoisotopic (exact) mass is 418 g/mol. The van der Waals surface area contributed by atoms with Crippen LogP contribution in [0, 0.1) is 0 Å². The van der Waals surface area contributed by atoms with E-state index < -0.39 is 11.9 Å². The van der Waals surface area contributed by atoms with Gasteiger partial charge in [0.25, 0.3) is 0 Å². The molecule has 0 aliphatic heterocycles. The number of carbonyl (C=O) groups is 2. The van der Waals surface area contributed by atoms with E-state index in [1.807, 2.05) is 0 Å². The van der Waals surface area contributed by atoms with Crippen LogP contribution >= 0.6 is 15.9 Å². The molecular weight excluding hydrogens is 400 g/mol. The summed E-state index contributed by atoms with van der Waals surface area (Å²) in [6.07, 6.45) is 2.59. The fraction of sp³-hybridized carbons (Fsp3) is 0.200. The zero-order valence-electron chi connectivity index (χ0n) is 14.2. The van der Waals surface area contributed by atoms with Crippen LogP contribution in [0.1, 0.15) is 23.2 Å². The Kier molecular flexibility index (Phi) is 7.89. The molecule has 5 nitrogen and oxygen atoms in total. The average Bonchev–Trinajstić information content (AvgIpc) is 2.66. The SMILES string of the molecule is C=CC(=O)OCCCCOc1ccc(C(=O)Oc2ccc(Br)cc2)cc1. The van der Waals surface area contributed by atoms with Gasteiger partial charge in [0.05, 0.1) is 18.8 Å². The van der Waals surface area contributed by atoms with Gasteiger partial charge in [0, 0.05) is 10.5 Å². The Morgan fingerprint density at radius 2 is 1.54 bits per heavy atom. The molecule has 0 amide bonds. The lowest BCUT2D eigenvalue weighted by Crippen LogP contribution is -2.08. The van der Waals surface area contributed by atoms with E-state index in [1.54, 1.807) is 48.5 Å². The van der Waals surface area contributed by atoms with Crippen LogP contribution < -0.4 is 9.47 Å². The minimum atomic E-state index is -0.428. The van der Waals surface area contributed by atoms with Crippen molar-refractivity contribution in [2.75, 3.05) is 13.2 Å². The van der Waals surface area contributed by atoms with Crippen molar-refractivity contribution in [1.82, 2.24) is 0 Å². The van der Waals surface area contributed by atoms with Gasteiger partial charge in [-0.15, -0.1) is 0 Å². The first-order chi connectivity index (χ1) is 12.6. The molecule has 2 aromatic rings. The Morgan fingerprint density at radius 3 is 2.19 bits per heavy atom. The van der Waals surface area contributed by atoms with E-state index in [1.165, 1.54) is 0 Å². The van der Waals surface area contributed by atoms with Gasteiger partial charge in [-0.3, -0.25) is 0 Å². The Balaban J connectivity index is 1.73. The topological polar surface area (TPSA) is 61.8 Å². The maximum atomic E-state index is 12.1. The average molecular weight is 419 g/mol. The highest BCUT2D eigenvalue weighted by molar-refractivity contribution is 9.10. The second kappa shape index (κ2) is 10.4. The third-order valence-electron chi connectivity index (χ3n) is 3.33. The molecule has 0 spiro atoms. The van der Waals surface area contributed by atoms with Crippen LogP contribution in [0.3, 0.4) is 0 Å². The van der Waals surface area contributed by atoms with Crippen molar-refractivity contribution in [3.8, 4) is 11.5 Å². The van der Waals surface area contributed by atoms with Crippen molar-refractivity contribution in [1.29, 1.82) is 0 Å². The van der Waals surface area contributed by atoms with E-state index in [2.05, 4.69) is 22.5 Å². The molecule has 2 rings (SSSR count). The first kappa shape index (κ1) is 19.7. The quantitative estimate of drug-likeness (QED) is 0.258. The van der Waals surface area contributed by atoms with Gasteiger partial charge in [0.15, 0.2) is 0 Å². The van der Waals surface area contributed by atoms with Crippen molar-refractivity contribution in [2.24, 2.45) is 0 Å². The predicted octanol–water partition coefficient (Wildman–Crippen LogP) is 4.56. The number of esters is 2. The van der Waals surface area contributed by atoms with Gasteiger partial charge in [-0.2, -0.15) is 0 Å². The number of carbonyl (C=O) groups excluding carboxylic acids is 2. The molecule has 0 saturated carbocycles. The number of hydrogen-bond acceptors (Lipinski definition) is 5. The zero-order valence-corrected chi connectivity index (χ0v) is 15.7. The lowest BCUT2D eigenvalue weighted by atomic mass is 10.2. The number of rotatable bonds is 9. The molecule has 0 atom stereocenters. The normalized spacial score (nSPS) is 10.0. The van der Waals surface area contributed by atoms with Crippen LogP contribution in [-0.4, -0.2) is 25.2 Å². The predicted molar refractivity (Wildman–Crippen MR) is 101 cm³/mol.